The lowest BCUT2D eigenvalue weighted by atomic mass is 10.0. The quantitative estimate of drug-likeness (QED) is 0.0262. The number of hydrogen-bond donors (Lipinski definition) is 0. The largest absolute Gasteiger partial charge is 0.462 e. The summed E-state index contributed by atoms with van der Waals surface area (Å²) in [5.74, 6) is -0.937. The summed E-state index contributed by atoms with van der Waals surface area (Å²) in [7, 11) is 0. The first-order valence-corrected chi connectivity index (χ1v) is 26.9. The van der Waals surface area contributed by atoms with Gasteiger partial charge in [0.05, 0.1) is 0 Å². The molecule has 0 aromatic carbocycles. The van der Waals surface area contributed by atoms with Crippen molar-refractivity contribution in [3.63, 3.8) is 0 Å². The van der Waals surface area contributed by atoms with Crippen molar-refractivity contribution in [3.05, 3.63) is 72.9 Å². The fourth-order valence-electron chi connectivity index (χ4n) is 7.40. The maximum Gasteiger partial charge on any atom is 0.306 e. The van der Waals surface area contributed by atoms with Crippen molar-refractivity contribution >= 4 is 17.9 Å². The topological polar surface area (TPSA) is 78.9 Å². The molecule has 0 saturated carbocycles. The number of rotatable bonds is 48. The molecule has 0 fully saturated rings. The highest BCUT2D eigenvalue weighted by Crippen LogP contribution is 2.15. The van der Waals surface area contributed by atoms with Crippen LogP contribution in [0.25, 0.3) is 0 Å². The van der Waals surface area contributed by atoms with Crippen LogP contribution in [0.15, 0.2) is 72.9 Å². The van der Waals surface area contributed by atoms with Gasteiger partial charge in [0, 0.05) is 19.3 Å². The molecule has 0 saturated heterocycles. The van der Waals surface area contributed by atoms with Crippen LogP contribution in [0.5, 0.6) is 0 Å². The van der Waals surface area contributed by atoms with E-state index < -0.39 is 6.10 Å². The predicted octanol–water partition coefficient (Wildman–Crippen LogP) is 17.8. The molecule has 6 nitrogen and oxygen atoms in total. The van der Waals surface area contributed by atoms with Crippen LogP contribution in [-0.4, -0.2) is 37.2 Å². The zero-order chi connectivity index (χ0) is 46.5. The van der Waals surface area contributed by atoms with E-state index in [1.807, 2.05) is 0 Å². The van der Waals surface area contributed by atoms with Crippen LogP contribution in [0, 0.1) is 0 Å². The third kappa shape index (κ3) is 49.9. The molecule has 0 aliphatic carbocycles. The number of carbonyl (C=O) groups is 3. The third-order valence-corrected chi connectivity index (χ3v) is 11.4. The van der Waals surface area contributed by atoms with Gasteiger partial charge in [0.25, 0.3) is 0 Å². The van der Waals surface area contributed by atoms with Crippen molar-refractivity contribution in [3.8, 4) is 0 Å². The van der Waals surface area contributed by atoms with Crippen molar-refractivity contribution in [2.75, 3.05) is 13.2 Å². The van der Waals surface area contributed by atoms with Crippen LogP contribution in [-0.2, 0) is 28.6 Å². The summed E-state index contributed by atoms with van der Waals surface area (Å²) in [6, 6.07) is 0. The number of unbranched alkanes of at least 4 members (excludes halogenated alkanes) is 25. The lowest BCUT2D eigenvalue weighted by molar-refractivity contribution is -0.167. The van der Waals surface area contributed by atoms with Crippen LogP contribution in [0.3, 0.4) is 0 Å². The Kier molecular flexibility index (Phi) is 49.9. The van der Waals surface area contributed by atoms with E-state index in [9.17, 15) is 14.4 Å². The fraction of sp³-hybridized carbons (Fsp3) is 0.741. The monoisotopic (exact) mass is 893 g/mol. The van der Waals surface area contributed by atoms with Crippen molar-refractivity contribution in [2.24, 2.45) is 0 Å². The van der Waals surface area contributed by atoms with Crippen LogP contribution in [0.4, 0.5) is 0 Å². The van der Waals surface area contributed by atoms with Gasteiger partial charge >= 0.3 is 17.9 Å². The minimum Gasteiger partial charge on any atom is -0.462 e. The molecule has 64 heavy (non-hydrogen) atoms. The Morgan fingerprint density at radius 3 is 0.984 bits per heavy atom. The highest BCUT2D eigenvalue weighted by molar-refractivity contribution is 5.71. The molecule has 0 rings (SSSR count). The first-order chi connectivity index (χ1) is 31.5. The first-order valence-electron chi connectivity index (χ1n) is 26.9. The Labute approximate surface area is 395 Å². The van der Waals surface area contributed by atoms with E-state index in [0.29, 0.717) is 19.3 Å². The number of ether oxygens (including phenoxy) is 3. The number of carbonyl (C=O) groups excluding carboxylic acids is 3. The molecule has 0 amide bonds. The maximum atomic E-state index is 12.8. The Morgan fingerprint density at radius 1 is 0.328 bits per heavy atom. The lowest BCUT2D eigenvalue weighted by Crippen LogP contribution is -2.30. The SMILES string of the molecule is CC/C=C\C/C=C\C/C=C\C/C=C\CCCCC(=O)OC(COC(=O)CCCCCCCCCC)COC(=O)CCCCCCCCCCCCC/C=C\C/C=C\CCCCCCC. The zero-order valence-corrected chi connectivity index (χ0v) is 42.0. The average molecular weight is 893 g/mol. The second kappa shape index (κ2) is 52.5. The molecule has 0 N–H and O–H groups in total. The van der Waals surface area contributed by atoms with Gasteiger partial charge in [0.1, 0.15) is 13.2 Å². The normalized spacial score (nSPS) is 12.6. The van der Waals surface area contributed by atoms with Crippen LogP contribution in [0.1, 0.15) is 258 Å². The van der Waals surface area contributed by atoms with Gasteiger partial charge in [-0.25, -0.2) is 0 Å². The summed E-state index contributed by atoms with van der Waals surface area (Å²) in [5, 5.41) is 0. The molecule has 0 bridgehead atoms. The van der Waals surface area contributed by atoms with E-state index in [-0.39, 0.29) is 37.5 Å². The smallest absolute Gasteiger partial charge is 0.306 e. The van der Waals surface area contributed by atoms with E-state index in [0.717, 1.165) is 83.5 Å². The molecule has 0 spiro atoms. The van der Waals surface area contributed by atoms with Gasteiger partial charge in [-0.2, -0.15) is 0 Å². The molecular formula is C58H100O6. The molecule has 0 radical (unpaired) electrons. The summed E-state index contributed by atoms with van der Waals surface area (Å²) in [5.41, 5.74) is 0. The van der Waals surface area contributed by atoms with Gasteiger partial charge in [0.15, 0.2) is 6.10 Å². The minimum atomic E-state index is -0.794. The van der Waals surface area contributed by atoms with Crippen LogP contribution >= 0.6 is 0 Å². The average Bonchev–Trinajstić information content (AvgIpc) is 3.29. The van der Waals surface area contributed by atoms with Crippen molar-refractivity contribution in [1.82, 2.24) is 0 Å². The van der Waals surface area contributed by atoms with Gasteiger partial charge in [-0.05, 0) is 89.9 Å². The van der Waals surface area contributed by atoms with Crippen molar-refractivity contribution in [2.45, 2.75) is 264 Å². The Balaban J connectivity index is 4.26. The molecule has 1 atom stereocenters. The molecule has 1 unspecified atom stereocenters. The van der Waals surface area contributed by atoms with E-state index in [4.69, 9.17) is 14.2 Å². The van der Waals surface area contributed by atoms with Crippen LogP contribution < -0.4 is 0 Å². The van der Waals surface area contributed by atoms with E-state index in [1.54, 1.807) is 0 Å². The van der Waals surface area contributed by atoms with Gasteiger partial charge < -0.3 is 14.2 Å². The highest BCUT2D eigenvalue weighted by atomic mass is 16.6. The molecule has 0 aliphatic heterocycles. The predicted molar refractivity (Wildman–Crippen MR) is 274 cm³/mol. The molecule has 368 valence electrons. The summed E-state index contributed by atoms with van der Waals surface area (Å²) in [6.45, 7) is 6.45. The Bertz CT molecular complexity index is 1210. The molecule has 0 heterocycles. The summed E-state index contributed by atoms with van der Waals surface area (Å²) < 4.78 is 16.7. The number of allylic oxidation sites excluding steroid dienone is 12. The highest BCUT2D eigenvalue weighted by Gasteiger charge is 2.19. The summed E-state index contributed by atoms with van der Waals surface area (Å²) in [6.07, 6.45) is 66.2. The van der Waals surface area contributed by atoms with Gasteiger partial charge in [-0.1, -0.05) is 222 Å². The second-order valence-corrected chi connectivity index (χ2v) is 17.8. The first kappa shape index (κ1) is 60.9. The molecule has 0 aliphatic rings. The minimum absolute atomic E-state index is 0.0917. The lowest BCUT2D eigenvalue weighted by Gasteiger charge is -2.18. The standard InChI is InChI=1S/C58H100O6/c1-4-7-10-13-16-19-21-23-25-26-27-28-29-30-31-32-34-35-37-39-42-45-48-51-57(60)63-54-55(53-62-56(59)50-47-44-41-18-15-12-9-6-3)64-58(61)52-49-46-43-40-38-36-33-24-22-20-17-14-11-8-5-2/h8,11,17,20-21,23-24,26-27,33,38,40,55H,4-7,9-10,12-16,18-19,22,25,28-32,34-37,39,41-54H2,1-3H3/b11-8-,20-17-,23-21-,27-26-,33-24-,40-38-. The zero-order valence-electron chi connectivity index (χ0n) is 42.0. The fourth-order valence-corrected chi connectivity index (χ4v) is 7.40. The van der Waals surface area contributed by atoms with Gasteiger partial charge in [0.2, 0.25) is 0 Å². The van der Waals surface area contributed by atoms with E-state index >= 15 is 0 Å². The van der Waals surface area contributed by atoms with Crippen LogP contribution in [0.2, 0.25) is 0 Å². The van der Waals surface area contributed by atoms with Crippen molar-refractivity contribution in [1.29, 1.82) is 0 Å². The number of hydrogen-bond acceptors (Lipinski definition) is 6. The van der Waals surface area contributed by atoms with E-state index in [2.05, 4.69) is 93.7 Å². The van der Waals surface area contributed by atoms with Gasteiger partial charge in [-0.3, -0.25) is 14.4 Å². The third-order valence-electron chi connectivity index (χ3n) is 11.4. The summed E-state index contributed by atoms with van der Waals surface area (Å²) >= 11 is 0. The second-order valence-electron chi connectivity index (χ2n) is 17.8. The molecular weight excluding hydrogens is 793 g/mol. The Morgan fingerprint density at radius 2 is 0.609 bits per heavy atom. The molecule has 0 aromatic rings. The molecule has 0 aromatic heterocycles. The van der Waals surface area contributed by atoms with E-state index in [1.165, 1.54) is 128 Å². The maximum absolute atomic E-state index is 12.8. The number of esters is 3. The van der Waals surface area contributed by atoms with Gasteiger partial charge in [-0.15, -0.1) is 0 Å². The molecule has 6 heteroatoms. The van der Waals surface area contributed by atoms with Crippen molar-refractivity contribution < 1.29 is 28.6 Å². The Hall–Kier alpha value is -3.15. The summed E-state index contributed by atoms with van der Waals surface area (Å²) in [4.78, 5) is 37.9.